The first-order valence-corrected chi connectivity index (χ1v) is 6.03. The summed E-state index contributed by atoms with van der Waals surface area (Å²) in [6.45, 7) is 7.43. The van der Waals surface area contributed by atoms with E-state index in [1.165, 1.54) is 0 Å². The largest absolute Gasteiger partial charge is 0.443 e. The van der Waals surface area contributed by atoms with Gasteiger partial charge in [-0.2, -0.15) is 5.10 Å². The molecule has 98 valence electrons. The summed E-state index contributed by atoms with van der Waals surface area (Å²) in [5, 5.41) is 4.09. The third-order valence-electron chi connectivity index (χ3n) is 2.12. The van der Waals surface area contributed by atoms with E-state index < -0.39 is 11.7 Å². The highest BCUT2D eigenvalue weighted by molar-refractivity contribution is 6.00. The van der Waals surface area contributed by atoms with Crippen LogP contribution >= 0.6 is 0 Å². The van der Waals surface area contributed by atoms with Crippen molar-refractivity contribution in [1.82, 2.24) is 5.43 Å². The third-order valence-corrected chi connectivity index (χ3v) is 2.12. The molecule has 18 heavy (non-hydrogen) atoms. The first-order chi connectivity index (χ1) is 8.42. The van der Waals surface area contributed by atoms with Gasteiger partial charge in [-0.05, 0) is 32.8 Å². The zero-order valence-electron chi connectivity index (χ0n) is 11.4. The Morgan fingerprint density at radius 3 is 2.39 bits per heavy atom. The van der Waals surface area contributed by atoms with Crippen LogP contribution in [-0.4, -0.2) is 17.4 Å². The van der Waals surface area contributed by atoms with Crippen LogP contribution in [0, 0.1) is 0 Å². The Hall–Kier alpha value is -1.84. The number of rotatable bonds is 3. The predicted octanol–water partition coefficient (Wildman–Crippen LogP) is 3.33. The topological polar surface area (TPSA) is 50.7 Å². The van der Waals surface area contributed by atoms with E-state index in [0.29, 0.717) is 0 Å². The second-order valence-electron chi connectivity index (χ2n) is 4.89. The van der Waals surface area contributed by atoms with Gasteiger partial charge in [0.05, 0.1) is 5.71 Å². The molecule has 0 saturated heterocycles. The minimum Gasteiger partial charge on any atom is -0.443 e. The fourth-order valence-corrected chi connectivity index (χ4v) is 1.39. The lowest BCUT2D eigenvalue weighted by atomic mass is 10.1. The number of nitrogens with one attached hydrogen (secondary N) is 1. The molecule has 0 aromatic heterocycles. The predicted molar refractivity (Wildman–Crippen MR) is 72.6 cm³/mol. The lowest BCUT2D eigenvalue weighted by molar-refractivity contribution is 0.0529. The normalized spacial score (nSPS) is 12.1. The number of carbonyl (C=O) groups is 1. The van der Waals surface area contributed by atoms with Crippen LogP contribution in [0.3, 0.4) is 0 Å². The molecule has 0 aliphatic carbocycles. The molecule has 4 nitrogen and oxygen atoms in total. The average molecular weight is 248 g/mol. The molecule has 1 aromatic rings. The quantitative estimate of drug-likeness (QED) is 0.659. The Balaban J connectivity index is 2.67. The van der Waals surface area contributed by atoms with Crippen LogP contribution in [-0.2, 0) is 4.74 Å². The molecular formula is C14H20N2O2. The molecule has 0 bridgehead atoms. The number of benzene rings is 1. The van der Waals surface area contributed by atoms with Crippen molar-refractivity contribution in [1.29, 1.82) is 0 Å². The van der Waals surface area contributed by atoms with Crippen molar-refractivity contribution < 1.29 is 9.53 Å². The molecule has 0 atom stereocenters. The van der Waals surface area contributed by atoms with Crippen LogP contribution in [0.25, 0.3) is 0 Å². The molecule has 0 fully saturated rings. The van der Waals surface area contributed by atoms with Gasteiger partial charge in [-0.3, -0.25) is 0 Å². The highest BCUT2D eigenvalue weighted by atomic mass is 16.6. The Morgan fingerprint density at radius 1 is 1.28 bits per heavy atom. The molecule has 0 heterocycles. The highest BCUT2D eigenvalue weighted by Crippen LogP contribution is 2.07. The van der Waals surface area contributed by atoms with Crippen molar-refractivity contribution in [3.8, 4) is 0 Å². The summed E-state index contributed by atoms with van der Waals surface area (Å²) >= 11 is 0. The van der Waals surface area contributed by atoms with Crippen molar-refractivity contribution in [2.24, 2.45) is 5.10 Å². The number of hydrogen-bond acceptors (Lipinski definition) is 3. The van der Waals surface area contributed by atoms with Gasteiger partial charge < -0.3 is 4.74 Å². The molecule has 0 spiro atoms. The zero-order chi connectivity index (χ0) is 13.6. The fraction of sp³-hybridized carbons (Fsp3) is 0.429. The van der Waals surface area contributed by atoms with Crippen LogP contribution < -0.4 is 5.43 Å². The van der Waals surface area contributed by atoms with Gasteiger partial charge in [0.1, 0.15) is 5.60 Å². The average Bonchev–Trinajstić information content (AvgIpc) is 2.29. The zero-order valence-corrected chi connectivity index (χ0v) is 11.4. The van der Waals surface area contributed by atoms with E-state index >= 15 is 0 Å². The van der Waals surface area contributed by atoms with Crippen molar-refractivity contribution in [2.75, 3.05) is 0 Å². The molecule has 0 radical (unpaired) electrons. The van der Waals surface area contributed by atoms with E-state index in [9.17, 15) is 4.79 Å². The molecule has 4 heteroatoms. The van der Waals surface area contributed by atoms with Crippen LogP contribution in [0.2, 0.25) is 0 Å². The first-order valence-electron chi connectivity index (χ1n) is 6.03. The maximum absolute atomic E-state index is 11.5. The summed E-state index contributed by atoms with van der Waals surface area (Å²) in [5.74, 6) is 0. The molecule has 1 rings (SSSR count). The molecule has 0 aliphatic rings. The van der Waals surface area contributed by atoms with E-state index in [2.05, 4.69) is 10.5 Å². The summed E-state index contributed by atoms with van der Waals surface area (Å²) in [4.78, 5) is 11.5. The SMILES string of the molecule is CC/C(=N/NC(=O)OC(C)(C)C)c1ccccc1. The molecule has 0 unspecified atom stereocenters. The number of ether oxygens (including phenoxy) is 1. The highest BCUT2D eigenvalue weighted by Gasteiger charge is 2.15. The number of amides is 1. The minimum atomic E-state index is -0.538. The van der Waals surface area contributed by atoms with E-state index in [1.807, 2.05) is 58.0 Å². The first kappa shape index (κ1) is 14.2. The summed E-state index contributed by atoms with van der Waals surface area (Å²) in [6.07, 6.45) is 0.198. The van der Waals surface area contributed by atoms with Gasteiger partial charge in [-0.25, -0.2) is 10.2 Å². The number of nitrogens with zero attached hydrogens (tertiary/aromatic N) is 1. The summed E-state index contributed by atoms with van der Waals surface area (Å²) in [7, 11) is 0. The number of hydrazone groups is 1. The molecule has 1 aromatic carbocycles. The van der Waals surface area contributed by atoms with Crippen molar-refractivity contribution in [3.05, 3.63) is 35.9 Å². The maximum Gasteiger partial charge on any atom is 0.428 e. The van der Waals surface area contributed by atoms with Gasteiger partial charge in [-0.15, -0.1) is 0 Å². The van der Waals surface area contributed by atoms with Crippen molar-refractivity contribution in [2.45, 2.75) is 39.7 Å². The second kappa shape index (κ2) is 6.19. The van der Waals surface area contributed by atoms with Crippen LogP contribution in [0.4, 0.5) is 4.79 Å². The van der Waals surface area contributed by atoms with Crippen molar-refractivity contribution >= 4 is 11.8 Å². The van der Waals surface area contributed by atoms with E-state index in [0.717, 1.165) is 17.7 Å². The van der Waals surface area contributed by atoms with Gasteiger partial charge in [0.25, 0.3) is 0 Å². The van der Waals surface area contributed by atoms with Crippen LogP contribution in [0.5, 0.6) is 0 Å². The second-order valence-corrected chi connectivity index (χ2v) is 4.89. The summed E-state index contributed by atoms with van der Waals surface area (Å²) in [5.41, 5.74) is 3.72. The Labute approximate surface area is 108 Å². The van der Waals surface area contributed by atoms with Gasteiger partial charge in [-0.1, -0.05) is 37.3 Å². The monoisotopic (exact) mass is 248 g/mol. The fourth-order valence-electron chi connectivity index (χ4n) is 1.39. The minimum absolute atomic E-state index is 0.515. The summed E-state index contributed by atoms with van der Waals surface area (Å²) < 4.78 is 5.11. The van der Waals surface area contributed by atoms with Gasteiger partial charge >= 0.3 is 6.09 Å². The lowest BCUT2D eigenvalue weighted by Crippen LogP contribution is -2.30. The van der Waals surface area contributed by atoms with Gasteiger partial charge in [0, 0.05) is 0 Å². The number of hydrogen-bond donors (Lipinski definition) is 1. The standard InChI is InChI=1S/C14H20N2O2/c1-5-12(11-9-7-6-8-10-11)15-16-13(17)18-14(2,3)4/h6-10H,5H2,1-4H3,(H,16,17)/b15-12-. The molecule has 0 saturated carbocycles. The van der Waals surface area contributed by atoms with Crippen LogP contribution in [0.15, 0.2) is 35.4 Å². The Morgan fingerprint density at radius 2 is 1.89 bits per heavy atom. The molecular weight excluding hydrogens is 228 g/mol. The van der Waals surface area contributed by atoms with Gasteiger partial charge in [0.15, 0.2) is 0 Å². The maximum atomic E-state index is 11.5. The van der Waals surface area contributed by atoms with Crippen molar-refractivity contribution in [3.63, 3.8) is 0 Å². The Kier molecular flexibility index (Phi) is 4.89. The van der Waals surface area contributed by atoms with Gasteiger partial charge in [0.2, 0.25) is 0 Å². The lowest BCUT2D eigenvalue weighted by Gasteiger charge is -2.18. The molecule has 1 N–H and O–H groups in total. The van der Waals surface area contributed by atoms with E-state index in [-0.39, 0.29) is 0 Å². The molecule has 0 aliphatic heterocycles. The summed E-state index contributed by atoms with van der Waals surface area (Å²) in [6, 6.07) is 9.73. The van der Waals surface area contributed by atoms with E-state index in [4.69, 9.17) is 4.74 Å². The number of carbonyl (C=O) groups excluding carboxylic acids is 1. The third kappa shape index (κ3) is 4.99. The Bertz CT molecular complexity index is 419. The van der Waals surface area contributed by atoms with Crippen LogP contribution in [0.1, 0.15) is 39.7 Å². The molecule has 1 amide bonds. The van der Waals surface area contributed by atoms with E-state index in [1.54, 1.807) is 0 Å². The smallest absolute Gasteiger partial charge is 0.428 e.